The van der Waals surface area contributed by atoms with Crippen LogP contribution in [0.25, 0.3) is 22.5 Å². The molecule has 0 unspecified atom stereocenters. The monoisotopic (exact) mass is 535 g/mol. The zero-order valence-electron chi connectivity index (χ0n) is 25.1. The summed E-state index contributed by atoms with van der Waals surface area (Å²) in [6, 6.07) is 34.8. The number of nitrogens with zero attached hydrogens (tertiary/aromatic N) is 3. The van der Waals surface area contributed by atoms with Gasteiger partial charge in [-0.2, -0.15) is 0 Å². The SMILES string of the molecule is CC(C)(C)c1cc2c3c(c1)C(C)(C)c1ccc(-c4ccccc4)nc1N3c1nc(-c3ccccc3)ccc1C2(C)C. The minimum absolute atomic E-state index is 0.0217. The Morgan fingerprint density at radius 3 is 1.34 bits per heavy atom. The van der Waals surface area contributed by atoms with Crippen molar-refractivity contribution in [2.45, 2.75) is 64.7 Å². The Bertz CT molecular complexity index is 1680. The van der Waals surface area contributed by atoms with Gasteiger partial charge in [-0.3, -0.25) is 4.90 Å². The van der Waals surface area contributed by atoms with Gasteiger partial charge in [-0.25, -0.2) is 9.97 Å². The van der Waals surface area contributed by atoms with Gasteiger partial charge < -0.3 is 0 Å². The normalized spacial score (nSPS) is 16.0. The molecule has 0 N–H and O–H groups in total. The number of rotatable bonds is 2. The van der Waals surface area contributed by atoms with Crippen molar-refractivity contribution in [3.05, 3.63) is 125 Å². The largest absolute Gasteiger partial charge is 0.278 e. The van der Waals surface area contributed by atoms with Gasteiger partial charge in [-0.1, -0.05) is 133 Å². The zero-order valence-corrected chi connectivity index (χ0v) is 25.1. The van der Waals surface area contributed by atoms with Crippen molar-refractivity contribution in [2.75, 3.05) is 4.90 Å². The number of pyridine rings is 2. The van der Waals surface area contributed by atoms with E-state index in [9.17, 15) is 0 Å². The average Bonchev–Trinajstić information content (AvgIpc) is 2.96. The Kier molecular flexibility index (Phi) is 5.41. The third-order valence-corrected chi connectivity index (χ3v) is 9.21. The van der Waals surface area contributed by atoms with Crippen LogP contribution in [0, 0.1) is 0 Å². The number of hydrogen-bond donors (Lipinski definition) is 0. The van der Waals surface area contributed by atoms with Gasteiger partial charge in [0.25, 0.3) is 0 Å². The van der Waals surface area contributed by atoms with Crippen molar-refractivity contribution >= 4 is 17.3 Å². The van der Waals surface area contributed by atoms with Crippen LogP contribution in [-0.4, -0.2) is 9.97 Å². The first-order valence-electron chi connectivity index (χ1n) is 14.6. The fourth-order valence-corrected chi connectivity index (χ4v) is 6.62. The molecular formula is C38H37N3. The second-order valence-electron chi connectivity index (χ2n) is 13.6. The van der Waals surface area contributed by atoms with E-state index in [0.29, 0.717) is 0 Å². The summed E-state index contributed by atoms with van der Waals surface area (Å²) >= 11 is 0. The summed E-state index contributed by atoms with van der Waals surface area (Å²) in [5.41, 5.74) is 11.5. The van der Waals surface area contributed by atoms with Crippen molar-refractivity contribution < 1.29 is 0 Å². The van der Waals surface area contributed by atoms with Crippen molar-refractivity contribution in [2.24, 2.45) is 0 Å². The van der Waals surface area contributed by atoms with Crippen LogP contribution in [0.2, 0.25) is 0 Å². The molecule has 2 aromatic heterocycles. The Balaban J connectivity index is 1.58. The first kappa shape index (κ1) is 25.7. The van der Waals surface area contributed by atoms with Crippen LogP contribution in [0.5, 0.6) is 0 Å². The molecule has 0 saturated heterocycles. The molecule has 2 aliphatic heterocycles. The first-order chi connectivity index (χ1) is 19.5. The molecule has 0 spiro atoms. The maximum Gasteiger partial charge on any atom is 0.143 e. The Labute approximate surface area is 243 Å². The smallest absolute Gasteiger partial charge is 0.143 e. The lowest BCUT2D eigenvalue weighted by atomic mass is 9.65. The molecule has 2 aliphatic rings. The van der Waals surface area contributed by atoms with Crippen LogP contribution in [0.3, 0.4) is 0 Å². The molecule has 3 aromatic carbocycles. The molecule has 0 bridgehead atoms. The minimum Gasteiger partial charge on any atom is -0.278 e. The predicted molar refractivity (Wildman–Crippen MR) is 171 cm³/mol. The molecule has 0 fully saturated rings. The zero-order chi connectivity index (χ0) is 28.7. The standard InChI is InChI=1S/C38H37N3/c1-36(2,3)26-22-29-33-30(23-26)38(6,7)28-19-21-32(25-16-12-9-13-17-25)40-35(28)41(33)34-27(37(29,4)5)18-20-31(39-34)24-14-10-8-11-15-24/h8-23H,1-7H3. The molecular weight excluding hydrogens is 498 g/mol. The predicted octanol–water partition coefficient (Wildman–Crippen LogP) is 9.86. The van der Waals surface area contributed by atoms with Gasteiger partial charge >= 0.3 is 0 Å². The van der Waals surface area contributed by atoms with Gasteiger partial charge in [0, 0.05) is 33.1 Å². The van der Waals surface area contributed by atoms with E-state index < -0.39 is 0 Å². The van der Waals surface area contributed by atoms with E-state index in [0.717, 1.165) is 34.2 Å². The van der Waals surface area contributed by atoms with Crippen molar-refractivity contribution in [1.29, 1.82) is 0 Å². The van der Waals surface area contributed by atoms with Gasteiger partial charge in [0.1, 0.15) is 11.6 Å². The van der Waals surface area contributed by atoms with Gasteiger partial charge in [0.15, 0.2) is 0 Å². The minimum atomic E-state index is -0.232. The second-order valence-corrected chi connectivity index (χ2v) is 13.6. The summed E-state index contributed by atoms with van der Waals surface area (Å²) in [5.74, 6) is 1.95. The molecule has 3 heteroatoms. The van der Waals surface area contributed by atoms with Gasteiger partial charge in [0.2, 0.25) is 0 Å². The summed E-state index contributed by atoms with van der Waals surface area (Å²) in [6.07, 6.45) is 0. The van der Waals surface area contributed by atoms with Gasteiger partial charge in [-0.05, 0) is 34.2 Å². The Morgan fingerprint density at radius 2 is 0.951 bits per heavy atom. The van der Waals surface area contributed by atoms with Crippen molar-refractivity contribution in [3.8, 4) is 22.5 Å². The van der Waals surface area contributed by atoms with Crippen LogP contribution in [0.15, 0.2) is 97.1 Å². The molecule has 204 valence electrons. The molecule has 0 aliphatic carbocycles. The number of fused-ring (bicyclic) bond motifs is 4. The van der Waals surface area contributed by atoms with E-state index in [1.54, 1.807) is 0 Å². The summed E-state index contributed by atoms with van der Waals surface area (Å²) in [4.78, 5) is 13.2. The number of benzene rings is 3. The molecule has 0 saturated carbocycles. The molecule has 41 heavy (non-hydrogen) atoms. The summed E-state index contributed by atoms with van der Waals surface area (Å²) in [7, 11) is 0. The van der Waals surface area contributed by atoms with Crippen molar-refractivity contribution in [3.63, 3.8) is 0 Å². The van der Waals surface area contributed by atoms with E-state index in [1.807, 2.05) is 0 Å². The molecule has 5 aromatic rings. The highest BCUT2D eigenvalue weighted by Gasteiger charge is 2.47. The molecule has 0 radical (unpaired) electrons. The number of anilines is 3. The number of hydrogen-bond acceptors (Lipinski definition) is 3. The molecule has 3 nitrogen and oxygen atoms in total. The fourth-order valence-electron chi connectivity index (χ4n) is 6.62. The van der Waals surface area contributed by atoms with E-state index >= 15 is 0 Å². The average molecular weight is 536 g/mol. The van der Waals surface area contributed by atoms with Crippen LogP contribution in [0.1, 0.15) is 76.3 Å². The first-order valence-corrected chi connectivity index (χ1v) is 14.6. The fraction of sp³-hybridized carbons (Fsp3) is 0.263. The van der Waals surface area contributed by atoms with Crippen molar-refractivity contribution in [1.82, 2.24) is 9.97 Å². The lowest BCUT2D eigenvalue weighted by Crippen LogP contribution is -2.39. The highest BCUT2D eigenvalue weighted by Crippen LogP contribution is 2.60. The molecule has 0 amide bonds. The second kappa shape index (κ2) is 8.63. The summed E-state index contributed by atoms with van der Waals surface area (Å²) < 4.78 is 0. The van der Waals surface area contributed by atoms with Crippen LogP contribution in [-0.2, 0) is 16.2 Å². The third kappa shape index (κ3) is 3.79. The number of aromatic nitrogens is 2. The molecule has 0 atom stereocenters. The van der Waals surface area contributed by atoms with E-state index in [1.165, 1.54) is 33.5 Å². The van der Waals surface area contributed by atoms with E-state index in [4.69, 9.17) is 9.97 Å². The summed E-state index contributed by atoms with van der Waals surface area (Å²) in [5, 5.41) is 0. The van der Waals surface area contributed by atoms with Crippen LogP contribution >= 0.6 is 0 Å². The Morgan fingerprint density at radius 1 is 0.537 bits per heavy atom. The molecule has 7 rings (SSSR count). The topological polar surface area (TPSA) is 29.0 Å². The maximum absolute atomic E-state index is 5.41. The van der Waals surface area contributed by atoms with E-state index in [2.05, 4.69) is 150 Å². The Hall–Kier alpha value is -4.24. The highest BCUT2D eigenvalue weighted by atomic mass is 15.3. The van der Waals surface area contributed by atoms with Crippen LogP contribution in [0.4, 0.5) is 17.3 Å². The van der Waals surface area contributed by atoms with Gasteiger partial charge in [-0.15, -0.1) is 0 Å². The molecule has 4 heterocycles. The summed E-state index contributed by atoms with van der Waals surface area (Å²) in [6.45, 7) is 16.4. The highest BCUT2D eigenvalue weighted by molar-refractivity contribution is 5.91. The quantitative estimate of drug-likeness (QED) is 0.225. The lowest BCUT2D eigenvalue weighted by molar-refractivity contribution is 0.561. The van der Waals surface area contributed by atoms with Gasteiger partial charge in [0.05, 0.1) is 17.1 Å². The lowest BCUT2D eigenvalue weighted by Gasteiger charge is -2.49. The van der Waals surface area contributed by atoms with E-state index in [-0.39, 0.29) is 16.2 Å². The maximum atomic E-state index is 5.41. The van der Waals surface area contributed by atoms with Crippen LogP contribution < -0.4 is 4.90 Å². The third-order valence-electron chi connectivity index (χ3n) is 9.21.